The fourth-order valence-corrected chi connectivity index (χ4v) is 3.60. The van der Waals surface area contributed by atoms with Gasteiger partial charge in [0.15, 0.2) is 11.5 Å². The third-order valence-electron chi connectivity index (χ3n) is 5.17. The van der Waals surface area contributed by atoms with E-state index in [1.54, 1.807) is 19.2 Å². The zero-order chi connectivity index (χ0) is 19.3. The van der Waals surface area contributed by atoms with Crippen LogP contribution in [0.5, 0.6) is 11.5 Å². The van der Waals surface area contributed by atoms with Crippen LogP contribution in [0.2, 0.25) is 0 Å². The number of nitrogens with one attached hydrogen (secondary N) is 1. The maximum absolute atomic E-state index is 9.86. The first-order valence-corrected chi connectivity index (χ1v) is 9.56. The molecule has 0 saturated carbocycles. The van der Waals surface area contributed by atoms with Gasteiger partial charge in [-0.15, -0.1) is 0 Å². The quantitative estimate of drug-likeness (QED) is 0.689. The van der Waals surface area contributed by atoms with Crippen molar-refractivity contribution in [3.05, 3.63) is 83.0 Å². The van der Waals surface area contributed by atoms with E-state index >= 15 is 0 Å². The summed E-state index contributed by atoms with van der Waals surface area (Å²) in [4.78, 5) is 7.00. The van der Waals surface area contributed by atoms with Crippen LogP contribution in [0.15, 0.2) is 60.8 Å². The van der Waals surface area contributed by atoms with Gasteiger partial charge in [0, 0.05) is 32.4 Å². The van der Waals surface area contributed by atoms with Crippen molar-refractivity contribution >= 4 is 5.82 Å². The number of nitrogens with zero attached hydrogens (tertiary/aromatic N) is 2. The number of aromatic nitrogens is 1. The number of phenolic OH excluding ortho intramolecular Hbond substituents is 1. The second kappa shape index (κ2) is 8.31. The van der Waals surface area contributed by atoms with E-state index in [1.165, 1.54) is 11.1 Å². The summed E-state index contributed by atoms with van der Waals surface area (Å²) in [6.07, 6.45) is 3.00. The van der Waals surface area contributed by atoms with Crippen molar-refractivity contribution in [1.82, 2.24) is 10.3 Å². The van der Waals surface area contributed by atoms with Gasteiger partial charge in [-0.3, -0.25) is 0 Å². The van der Waals surface area contributed by atoms with Gasteiger partial charge in [-0.25, -0.2) is 4.98 Å². The number of fused-ring (bicyclic) bond motifs is 1. The lowest BCUT2D eigenvalue weighted by Crippen LogP contribution is -2.30. The smallest absolute Gasteiger partial charge is 0.160 e. The molecular weight excluding hydrogens is 350 g/mol. The molecule has 144 valence electrons. The van der Waals surface area contributed by atoms with Crippen molar-refractivity contribution in [2.75, 3.05) is 18.6 Å². The highest BCUT2D eigenvalue weighted by molar-refractivity contribution is 5.45. The maximum Gasteiger partial charge on any atom is 0.160 e. The number of methoxy groups -OCH3 is 1. The molecule has 3 aromatic rings. The molecular formula is C23H25N3O2. The Morgan fingerprint density at radius 2 is 1.82 bits per heavy atom. The van der Waals surface area contributed by atoms with Crippen LogP contribution in [0.3, 0.4) is 0 Å². The average Bonchev–Trinajstić information content (AvgIpc) is 2.74. The average molecular weight is 375 g/mol. The Kier molecular flexibility index (Phi) is 5.44. The molecule has 4 rings (SSSR count). The maximum atomic E-state index is 9.86. The van der Waals surface area contributed by atoms with Gasteiger partial charge in [0.05, 0.1) is 7.11 Å². The van der Waals surface area contributed by atoms with Crippen molar-refractivity contribution in [3.8, 4) is 11.5 Å². The lowest BCUT2D eigenvalue weighted by molar-refractivity contribution is 0.373. The number of aromatic hydroxyl groups is 1. The SMILES string of the molecule is COc1ccc(CNCc2ccc(N3CCc4ccccc4C3)nc2)cc1O. The Balaban J connectivity index is 1.32. The van der Waals surface area contributed by atoms with Gasteiger partial charge in [0.25, 0.3) is 0 Å². The highest BCUT2D eigenvalue weighted by Gasteiger charge is 2.16. The lowest BCUT2D eigenvalue weighted by Gasteiger charge is -2.29. The van der Waals surface area contributed by atoms with Crippen LogP contribution in [-0.2, 0) is 26.1 Å². The first-order valence-electron chi connectivity index (χ1n) is 9.56. The van der Waals surface area contributed by atoms with Crippen LogP contribution in [0.25, 0.3) is 0 Å². The Hall–Kier alpha value is -3.05. The van der Waals surface area contributed by atoms with Crippen molar-refractivity contribution in [3.63, 3.8) is 0 Å². The zero-order valence-corrected chi connectivity index (χ0v) is 16.1. The van der Waals surface area contributed by atoms with Gasteiger partial charge in [-0.05, 0) is 46.9 Å². The summed E-state index contributed by atoms with van der Waals surface area (Å²) in [5.74, 6) is 1.68. The van der Waals surface area contributed by atoms with Gasteiger partial charge in [0.1, 0.15) is 5.82 Å². The molecule has 2 N–H and O–H groups in total. The lowest BCUT2D eigenvalue weighted by atomic mass is 10.00. The first kappa shape index (κ1) is 18.3. The second-order valence-electron chi connectivity index (χ2n) is 7.07. The van der Waals surface area contributed by atoms with Crippen LogP contribution in [0, 0.1) is 0 Å². The topological polar surface area (TPSA) is 57.6 Å². The summed E-state index contributed by atoms with van der Waals surface area (Å²) in [6.45, 7) is 3.31. The molecule has 28 heavy (non-hydrogen) atoms. The number of pyridine rings is 1. The van der Waals surface area contributed by atoms with Crippen LogP contribution in [0.4, 0.5) is 5.82 Å². The number of hydrogen-bond donors (Lipinski definition) is 2. The molecule has 0 atom stereocenters. The molecule has 0 spiro atoms. The number of hydrogen-bond acceptors (Lipinski definition) is 5. The van der Waals surface area contributed by atoms with Crippen LogP contribution < -0.4 is 15.0 Å². The molecule has 2 aromatic carbocycles. The van der Waals surface area contributed by atoms with Crippen molar-refractivity contribution in [2.24, 2.45) is 0 Å². The van der Waals surface area contributed by atoms with Crippen LogP contribution in [-0.4, -0.2) is 23.7 Å². The molecule has 1 aliphatic heterocycles. The third-order valence-corrected chi connectivity index (χ3v) is 5.17. The van der Waals surface area contributed by atoms with Gasteiger partial charge in [-0.2, -0.15) is 0 Å². The normalized spacial score (nSPS) is 13.2. The molecule has 0 amide bonds. The van der Waals surface area contributed by atoms with E-state index in [-0.39, 0.29) is 5.75 Å². The predicted octanol–water partition coefficient (Wildman–Crippen LogP) is 3.65. The number of anilines is 1. The first-order chi connectivity index (χ1) is 13.7. The molecule has 0 fully saturated rings. The minimum atomic E-state index is 0.163. The van der Waals surface area contributed by atoms with E-state index in [0.29, 0.717) is 12.3 Å². The van der Waals surface area contributed by atoms with E-state index in [1.807, 2.05) is 12.3 Å². The summed E-state index contributed by atoms with van der Waals surface area (Å²) in [7, 11) is 1.55. The minimum Gasteiger partial charge on any atom is -0.504 e. The summed E-state index contributed by atoms with van der Waals surface area (Å²) >= 11 is 0. The van der Waals surface area contributed by atoms with Crippen molar-refractivity contribution in [2.45, 2.75) is 26.1 Å². The molecule has 1 aromatic heterocycles. The number of ether oxygens (including phenoxy) is 1. The number of benzene rings is 2. The fourth-order valence-electron chi connectivity index (χ4n) is 3.60. The van der Waals surface area contributed by atoms with E-state index < -0.39 is 0 Å². The van der Waals surface area contributed by atoms with Crippen molar-refractivity contribution < 1.29 is 9.84 Å². The second-order valence-corrected chi connectivity index (χ2v) is 7.07. The molecule has 0 unspecified atom stereocenters. The highest BCUT2D eigenvalue weighted by Crippen LogP contribution is 2.26. The van der Waals surface area contributed by atoms with E-state index in [9.17, 15) is 5.11 Å². The van der Waals surface area contributed by atoms with Crippen LogP contribution >= 0.6 is 0 Å². The summed E-state index contributed by atoms with van der Waals surface area (Å²) < 4.78 is 5.07. The largest absolute Gasteiger partial charge is 0.504 e. The molecule has 0 bridgehead atoms. The predicted molar refractivity (Wildman–Crippen MR) is 111 cm³/mol. The Morgan fingerprint density at radius 1 is 1.04 bits per heavy atom. The molecule has 0 aliphatic carbocycles. The van der Waals surface area contributed by atoms with Crippen molar-refractivity contribution in [1.29, 1.82) is 0 Å². The molecule has 5 heteroatoms. The van der Waals surface area contributed by atoms with Gasteiger partial charge in [-0.1, -0.05) is 36.4 Å². The Morgan fingerprint density at radius 3 is 2.57 bits per heavy atom. The third kappa shape index (κ3) is 4.10. The van der Waals surface area contributed by atoms with Gasteiger partial charge >= 0.3 is 0 Å². The Labute approximate surface area is 165 Å². The summed E-state index contributed by atoms with van der Waals surface area (Å²) in [5, 5.41) is 13.2. The van der Waals surface area contributed by atoms with Gasteiger partial charge in [0.2, 0.25) is 0 Å². The zero-order valence-electron chi connectivity index (χ0n) is 16.1. The monoisotopic (exact) mass is 375 g/mol. The van der Waals surface area contributed by atoms with E-state index in [4.69, 9.17) is 4.74 Å². The molecule has 5 nitrogen and oxygen atoms in total. The summed E-state index contributed by atoms with van der Waals surface area (Å²) in [6, 6.07) is 18.3. The van der Waals surface area contributed by atoms with Crippen LogP contribution in [0.1, 0.15) is 22.3 Å². The summed E-state index contributed by atoms with van der Waals surface area (Å²) in [5.41, 5.74) is 4.99. The van der Waals surface area contributed by atoms with Gasteiger partial charge < -0.3 is 20.1 Å². The number of phenols is 1. The molecule has 0 radical (unpaired) electrons. The van der Waals surface area contributed by atoms with E-state index in [0.717, 1.165) is 43.0 Å². The van der Waals surface area contributed by atoms with E-state index in [2.05, 4.69) is 51.6 Å². The number of rotatable bonds is 6. The standard InChI is InChI=1S/C23H25N3O2/c1-28-22-8-6-17(12-21(22)27)13-24-14-18-7-9-23(25-15-18)26-11-10-19-4-2-3-5-20(19)16-26/h2-9,12,15,24,27H,10-11,13-14,16H2,1H3. The Bertz CT molecular complexity index is 941. The molecule has 2 heterocycles. The minimum absolute atomic E-state index is 0.163. The molecule has 0 saturated heterocycles. The molecule has 1 aliphatic rings. The fraction of sp³-hybridized carbons (Fsp3) is 0.261. The highest BCUT2D eigenvalue weighted by atomic mass is 16.5.